The molecule has 0 heterocycles. The molecule has 0 saturated carbocycles. The van der Waals surface area contributed by atoms with Crippen LogP contribution in [-0.2, 0) is 19.1 Å². The largest absolute Gasteiger partial charge is 0.461 e. The number of unbranched alkanes of at least 4 members (excludes halogenated alkanes) is 21. The van der Waals surface area contributed by atoms with E-state index in [-0.39, 0.29) is 11.9 Å². The molecule has 0 radical (unpaired) electrons. The molecule has 0 fully saturated rings. The Balaban J connectivity index is 3.91. The Morgan fingerprint density at radius 3 is 1.24 bits per heavy atom. The van der Waals surface area contributed by atoms with Crippen LogP contribution in [0.3, 0.4) is 0 Å². The number of carbonyl (C=O) groups is 2. The monoisotopic (exact) mass is 704 g/mol. The van der Waals surface area contributed by atoms with E-state index in [9.17, 15) is 9.59 Å². The van der Waals surface area contributed by atoms with Crippen molar-refractivity contribution in [2.75, 3.05) is 33.9 Å². The Morgan fingerprint density at radius 1 is 0.460 bits per heavy atom. The highest BCUT2D eigenvalue weighted by Crippen LogP contribution is 2.24. The lowest BCUT2D eigenvalue weighted by Crippen LogP contribution is -2.13. The molecule has 0 saturated heterocycles. The molecule has 0 aliphatic heterocycles. The molecule has 0 aromatic carbocycles. The third-order valence-electron chi connectivity index (χ3n) is 9.92. The SMILES string of the molecule is CCCCCCCC/C=C\COC(=O)CCCCCCCC(CCCCCCCC(=O)OC/C=C\CCCCCCCC)CCCCN(C)C. The maximum absolute atomic E-state index is 12.1. The Kier molecular flexibility index (Phi) is 38.9. The van der Waals surface area contributed by atoms with Crippen LogP contribution in [0.25, 0.3) is 0 Å². The van der Waals surface area contributed by atoms with E-state index < -0.39 is 0 Å². The summed E-state index contributed by atoms with van der Waals surface area (Å²) in [5, 5.41) is 0. The lowest BCUT2D eigenvalue weighted by molar-refractivity contribution is -0.143. The van der Waals surface area contributed by atoms with Gasteiger partial charge in [0.15, 0.2) is 0 Å². The molecule has 0 spiro atoms. The fourth-order valence-corrected chi connectivity index (χ4v) is 6.64. The van der Waals surface area contributed by atoms with E-state index in [2.05, 4.69) is 45.0 Å². The summed E-state index contributed by atoms with van der Waals surface area (Å²) in [5.74, 6) is 0.743. The topological polar surface area (TPSA) is 55.8 Å². The molecule has 0 unspecified atom stereocenters. The summed E-state index contributed by atoms with van der Waals surface area (Å²) in [5.41, 5.74) is 0. The molecular weight excluding hydrogens is 618 g/mol. The summed E-state index contributed by atoms with van der Waals surface area (Å²) in [6, 6.07) is 0. The summed E-state index contributed by atoms with van der Waals surface area (Å²) < 4.78 is 10.8. The minimum atomic E-state index is -0.0475. The van der Waals surface area contributed by atoms with Crippen LogP contribution in [0.15, 0.2) is 24.3 Å². The highest BCUT2D eigenvalue weighted by atomic mass is 16.5. The first-order valence-corrected chi connectivity index (χ1v) is 21.8. The molecule has 0 aromatic heterocycles. The van der Waals surface area contributed by atoms with Crippen LogP contribution >= 0.6 is 0 Å². The molecular formula is C45H85NO4. The van der Waals surface area contributed by atoms with Gasteiger partial charge in [0.25, 0.3) is 0 Å². The number of ether oxygens (including phenoxy) is 2. The zero-order chi connectivity index (χ0) is 36.6. The zero-order valence-electron chi connectivity index (χ0n) is 34.0. The average molecular weight is 704 g/mol. The van der Waals surface area contributed by atoms with Gasteiger partial charge in [-0.3, -0.25) is 9.59 Å². The minimum absolute atomic E-state index is 0.0475. The first-order chi connectivity index (χ1) is 24.5. The average Bonchev–Trinajstić information content (AvgIpc) is 3.10. The molecule has 0 aliphatic carbocycles. The molecule has 0 amide bonds. The summed E-state index contributed by atoms with van der Waals surface area (Å²) in [6.07, 6.45) is 45.9. The lowest BCUT2D eigenvalue weighted by Gasteiger charge is -2.18. The molecule has 294 valence electrons. The van der Waals surface area contributed by atoms with E-state index in [0.717, 1.165) is 44.4 Å². The van der Waals surface area contributed by atoms with Gasteiger partial charge < -0.3 is 14.4 Å². The maximum Gasteiger partial charge on any atom is 0.306 e. The number of hydrogen-bond acceptors (Lipinski definition) is 5. The van der Waals surface area contributed by atoms with Crippen molar-refractivity contribution in [2.45, 2.75) is 213 Å². The number of allylic oxidation sites excluding steroid dienone is 2. The lowest BCUT2D eigenvalue weighted by atomic mass is 9.90. The van der Waals surface area contributed by atoms with E-state index in [1.807, 2.05) is 12.2 Å². The van der Waals surface area contributed by atoms with E-state index in [4.69, 9.17) is 9.47 Å². The second-order valence-corrected chi connectivity index (χ2v) is 15.2. The molecule has 5 heteroatoms. The molecule has 0 bridgehead atoms. The van der Waals surface area contributed by atoms with Gasteiger partial charge in [-0.05, 0) is 71.5 Å². The van der Waals surface area contributed by atoms with E-state index in [0.29, 0.717) is 26.1 Å². The van der Waals surface area contributed by atoms with Gasteiger partial charge in [0.05, 0.1) is 0 Å². The third kappa shape index (κ3) is 39.2. The van der Waals surface area contributed by atoms with Crippen molar-refractivity contribution < 1.29 is 19.1 Å². The third-order valence-corrected chi connectivity index (χ3v) is 9.92. The molecule has 0 atom stereocenters. The molecule has 0 N–H and O–H groups in total. The molecule has 0 rings (SSSR count). The summed E-state index contributed by atoms with van der Waals surface area (Å²) in [7, 11) is 4.34. The van der Waals surface area contributed by atoms with Gasteiger partial charge in [-0.15, -0.1) is 0 Å². The predicted octanol–water partition coefficient (Wildman–Crippen LogP) is 13.5. The van der Waals surface area contributed by atoms with Gasteiger partial charge in [0.2, 0.25) is 0 Å². The smallest absolute Gasteiger partial charge is 0.306 e. The molecule has 0 aromatic rings. The van der Waals surface area contributed by atoms with Gasteiger partial charge in [-0.2, -0.15) is 0 Å². The van der Waals surface area contributed by atoms with Crippen molar-refractivity contribution in [2.24, 2.45) is 5.92 Å². The Bertz CT molecular complexity index is 721. The molecule has 50 heavy (non-hydrogen) atoms. The fourth-order valence-electron chi connectivity index (χ4n) is 6.64. The van der Waals surface area contributed by atoms with Gasteiger partial charge in [0, 0.05) is 12.8 Å². The number of rotatable bonds is 39. The van der Waals surface area contributed by atoms with Crippen LogP contribution in [0.5, 0.6) is 0 Å². The highest BCUT2D eigenvalue weighted by molar-refractivity contribution is 5.69. The van der Waals surface area contributed by atoms with Gasteiger partial charge in [-0.1, -0.05) is 179 Å². The second-order valence-electron chi connectivity index (χ2n) is 15.2. The van der Waals surface area contributed by atoms with E-state index in [1.165, 1.54) is 154 Å². The van der Waals surface area contributed by atoms with Gasteiger partial charge in [0.1, 0.15) is 13.2 Å². The first-order valence-electron chi connectivity index (χ1n) is 21.8. The van der Waals surface area contributed by atoms with Crippen molar-refractivity contribution in [3.63, 3.8) is 0 Å². The fraction of sp³-hybridized carbons (Fsp3) is 0.867. The summed E-state index contributed by atoms with van der Waals surface area (Å²) >= 11 is 0. The van der Waals surface area contributed by atoms with E-state index in [1.54, 1.807) is 0 Å². The normalized spacial score (nSPS) is 11.9. The molecule has 5 nitrogen and oxygen atoms in total. The van der Waals surface area contributed by atoms with Crippen molar-refractivity contribution >= 4 is 11.9 Å². The zero-order valence-corrected chi connectivity index (χ0v) is 34.0. The number of esters is 2. The van der Waals surface area contributed by atoms with Crippen LogP contribution in [0, 0.1) is 5.92 Å². The van der Waals surface area contributed by atoms with Crippen molar-refractivity contribution in [3.8, 4) is 0 Å². The van der Waals surface area contributed by atoms with Crippen LogP contribution in [-0.4, -0.2) is 50.7 Å². The summed E-state index contributed by atoms with van der Waals surface area (Å²) in [6.45, 7) is 6.55. The van der Waals surface area contributed by atoms with Crippen molar-refractivity contribution in [1.82, 2.24) is 4.90 Å². The number of carbonyl (C=O) groups excluding carboxylic acids is 2. The van der Waals surface area contributed by atoms with Gasteiger partial charge in [-0.25, -0.2) is 0 Å². The second kappa shape index (κ2) is 40.2. The van der Waals surface area contributed by atoms with Crippen LogP contribution in [0.2, 0.25) is 0 Å². The van der Waals surface area contributed by atoms with Crippen molar-refractivity contribution in [3.05, 3.63) is 24.3 Å². The first kappa shape index (κ1) is 48.4. The predicted molar refractivity (Wildman–Crippen MR) is 217 cm³/mol. The summed E-state index contributed by atoms with van der Waals surface area (Å²) in [4.78, 5) is 26.4. The Hall–Kier alpha value is -1.62. The van der Waals surface area contributed by atoms with Crippen LogP contribution in [0.4, 0.5) is 0 Å². The maximum atomic E-state index is 12.1. The Labute approximate surface area is 312 Å². The number of hydrogen-bond donors (Lipinski definition) is 0. The van der Waals surface area contributed by atoms with E-state index >= 15 is 0 Å². The Morgan fingerprint density at radius 2 is 0.820 bits per heavy atom. The number of nitrogens with zero attached hydrogens (tertiary/aromatic N) is 1. The quantitative estimate of drug-likeness (QED) is 0.0362. The van der Waals surface area contributed by atoms with Crippen LogP contribution in [0.1, 0.15) is 213 Å². The van der Waals surface area contributed by atoms with Crippen molar-refractivity contribution in [1.29, 1.82) is 0 Å². The van der Waals surface area contributed by atoms with Gasteiger partial charge >= 0.3 is 11.9 Å². The van der Waals surface area contributed by atoms with Crippen LogP contribution < -0.4 is 0 Å². The molecule has 0 aliphatic rings. The standard InChI is InChI=1S/C45H85NO4/c1-5-7-9-11-13-15-17-25-33-41-49-44(47)38-29-23-19-21-27-35-43(37-31-32-40-46(3)4)36-28-22-20-24-30-39-45(48)50-42-34-26-18-16-14-12-10-8-6-2/h25-26,33-34,43H,5-24,27-32,35-42H2,1-4H3/b33-25-,34-26-. The minimum Gasteiger partial charge on any atom is -0.461 e. The highest BCUT2D eigenvalue weighted by Gasteiger charge is 2.10.